The molecule has 0 bridgehead atoms. The van der Waals surface area contributed by atoms with Gasteiger partial charge in [-0.2, -0.15) is 4.31 Å². The molecule has 1 aromatic rings. The molecule has 1 amide bonds. The van der Waals surface area contributed by atoms with Crippen LogP contribution < -0.4 is 5.32 Å². The van der Waals surface area contributed by atoms with Crippen LogP contribution >= 0.6 is 0 Å². The molecule has 10 heteroatoms. The Morgan fingerprint density at radius 2 is 1.74 bits per heavy atom. The highest BCUT2D eigenvalue weighted by Gasteiger charge is 2.33. The zero-order valence-electron chi connectivity index (χ0n) is 18.2. The van der Waals surface area contributed by atoms with Crippen molar-refractivity contribution in [2.24, 2.45) is 0 Å². The topological polar surface area (TPSA) is 113 Å². The summed E-state index contributed by atoms with van der Waals surface area (Å²) in [5.74, 6) is -0.00210. The summed E-state index contributed by atoms with van der Waals surface area (Å²) in [6.07, 6.45) is 6.78. The number of sulfonamides is 1. The van der Waals surface area contributed by atoms with Crippen LogP contribution in [0.2, 0.25) is 0 Å². The Bertz CT molecular complexity index is 904. The minimum absolute atomic E-state index is 0.00210. The number of benzene rings is 1. The largest absolute Gasteiger partial charge is 0.352 e. The Kier molecular flexibility index (Phi) is 7.66. The Morgan fingerprint density at radius 3 is 2.32 bits per heavy atom. The highest BCUT2D eigenvalue weighted by molar-refractivity contribution is 7.89. The van der Waals surface area contributed by atoms with Gasteiger partial charge >= 0.3 is 0 Å². The molecular weight excluding hydrogens is 420 g/mol. The number of nitro benzene ring substituents is 1. The SMILES string of the molecule is Cc1ccc([N+](=O)[O-])cc1S(=O)(=O)N1CCN(C(C)C(=O)NC2CCCCCC2)CC1. The number of piperazine rings is 1. The number of nitro groups is 1. The Morgan fingerprint density at radius 1 is 1.13 bits per heavy atom. The van der Waals surface area contributed by atoms with E-state index in [0.29, 0.717) is 18.7 Å². The average Bonchev–Trinajstić information content (AvgIpc) is 3.02. The minimum atomic E-state index is -3.84. The van der Waals surface area contributed by atoms with Gasteiger partial charge in [-0.25, -0.2) is 8.42 Å². The van der Waals surface area contributed by atoms with Gasteiger partial charge in [0.2, 0.25) is 15.9 Å². The highest BCUT2D eigenvalue weighted by Crippen LogP contribution is 2.26. The van der Waals surface area contributed by atoms with E-state index < -0.39 is 14.9 Å². The maximum Gasteiger partial charge on any atom is 0.270 e. The van der Waals surface area contributed by atoms with Gasteiger partial charge in [0.1, 0.15) is 0 Å². The van der Waals surface area contributed by atoms with Gasteiger partial charge in [-0.05, 0) is 32.3 Å². The Labute approximate surface area is 184 Å². The quantitative estimate of drug-likeness (QED) is 0.403. The number of carbonyl (C=O) groups excluding carboxylic acids is 1. The first-order valence-electron chi connectivity index (χ1n) is 11.0. The lowest BCUT2D eigenvalue weighted by Gasteiger charge is -2.37. The number of nitrogens with zero attached hydrogens (tertiary/aromatic N) is 3. The third-order valence-corrected chi connectivity index (χ3v) is 8.44. The molecule has 1 heterocycles. The second-order valence-corrected chi connectivity index (χ2v) is 10.4. The Balaban J connectivity index is 1.61. The van der Waals surface area contributed by atoms with E-state index in [1.54, 1.807) is 6.92 Å². The number of aryl methyl sites for hydroxylation is 1. The fourth-order valence-corrected chi connectivity index (χ4v) is 6.03. The number of rotatable bonds is 6. The van der Waals surface area contributed by atoms with Crippen LogP contribution in [0.3, 0.4) is 0 Å². The molecule has 0 radical (unpaired) electrons. The number of carbonyl (C=O) groups is 1. The summed E-state index contributed by atoms with van der Waals surface area (Å²) in [5.41, 5.74) is 0.232. The van der Waals surface area contributed by atoms with Crippen molar-refractivity contribution in [3.8, 4) is 0 Å². The van der Waals surface area contributed by atoms with Crippen molar-refractivity contribution in [3.05, 3.63) is 33.9 Å². The standard InChI is InChI=1S/C21H32N4O5S/c1-16-9-10-19(25(27)28)15-20(16)31(29,30)24-13-11-23(12-14-24)17(2)21(26)22-18-7-5-3-4-6-8-18/h9-10,15,17-18H,3-8,11-14H2,1-2H3,(H,22,26). The first-order chi connectivity index (χ1) is 14.7. The van der Waals surface area contributed by atoms with Crippen molar-refractivity contribution in [1.82, 2.24) is 14.5 Å². The second kappa shape index (κ2) is 10.1. The molecule has 1 saturated heterocycles. The molecule has 1 unspecified atom stereocenters. The Hall–Kier alpha value is -2.04. The molecule has 0 spiro atoms. The van der Waals surface area contributed by atoms with E-state index in [1.165, 1.54) is 29.3 Å². The third-order valence-electron chi connectivity index (χ3n) is 6.40. The molecular formula is C21H32N4O5S. The van der Waals surface area contributed by atoms with Crippen molar-refractivity contribution in [2.75, 3.05) is 26.2 Å². The summed E-state index contributed by atoms with van der Waals surface area (Å²) in [7, 11) is -3.84. The van der Waals surface area contributed by atoms with Gasteiger partial charge in [0.25, 0.3) is 5.69 Å². The van der Waals surface area contributed by atoms with Gasteiger partial charge in [0, 0.05) is 44.4 Å². The summed E-state index contributed by atoms with van der Waals surface area (Å²) in [6, 6.07) is 3.80. The number of hydrogen-bond acceptors (Lipinski definition) is 6. The van der Waals surface area contributed by atoms with Crippen LogP contribution in [0.15, 0.2) is 23.1 Å². The summed E-state index contributed by atoms with van der Waals surface area (Å²) in [4.78, 5) is 25.2. The molecule has 1 aromatic carbocycles. The van der Waals surface area contributed by atoms with Crippen molar-refractivity contribution >= 4 is 21.6 Å². The second-order valence-electron chi connectivity index (χ2n) is 8.52. The van der Waals surface area contributed by atoms with Crippen LogP contribution in [0.5, 0.6) is 0 Å². The molecule has 1 saturated carbocycles. The summed E-state index contributed by atoms with van der Waals surface area (Å²) >= 11 is 0. The summed E-state index contributed by atoms with van der Waals surface area (Å²) in [5, 5.41) is 14.2. The number of amides is 1. The van der Waals surface area contributed by atoms with Crippen LogP contribution in [0.4, 0.5) is 5.69 Å². The number of hydrogen-bond donors (Lipinski definition) is 1. The molecule has 31 heavy (non-hydrogen) atoms. The zero-order valence-corrected chi connectivity index (χ0v) is 19.1. The minimum Gasteiger partial charge on any atom is -0.352 e. The predicted molar refractivity (Wildman–Crippen MR) is 117 cm³/mol. The molecule has 172 valence electrons. The van der Waals surface area contributed by atoms with E-state index in [-0.39, 0.29) is 41.7 Å². The lowest BCUT2D eigenvalue weighted by Crippen LogP contribution is -2.55. The van der Waals surface area contributed by atoms with E-state index in [2.05, 4.69) is 5.32 Å². The molecule has 2 aliphatic rings. The van der Waals surface area contributed by atoms with Gasteiger partial charge in [-0.1, -0.05) is 31.7 Å². The van der Waals surface area contributed by atoms with Crippen molar-refractivity contribution in [3.63, 3.8) is 0 Å². The molecule has 1 aliphatic heterocycles. The normalized spacial score (nSPS) is 20.7. The van der Waals surface area contributed by atoms with E-state index in [0.717, 1.165) is 31.7 Å². The fraction of sp³-hybridized carbons (Fsp3) is 0.667. The van der Waals surface area contributed by atoms with Crippen molar-refractivity contribution < 1.29 is 18.1 Å². The van der Waals surface area contributed by atoms with Crippen LogP contribution in [-0.2, 0) is 14.8 Å². The van der Waals surface area contributed by atoms with Crippen LogP contribution in [0.25, 0.3) is 0 Å². The summed E-state index contributed by atoms with van der Waals surface area (Å²) in [6.45, 7) is 4.85. The van der Waals surface area contributed by atoms with E-state index >= 15 is 0 Å². The zero-order chi connectivity index (χ0) is 22.6. The third kappa shape index (κ3) is 5.61. The average molecular weight is 453 g/mol. The molecule has 1 aliphatic carbocycles. The fourth-order valence-electron chi connectivity index (χ4n) is 4.36. The van der Waals surface area contributed by atoms with Gasteiger partial charge in [0.05, 0.1) is 15.9 Å². The van der Waals surface area contributed by atoms with Gasteiger partial charge < -0.3 is 5.32 Å². The van der Waals surface area contributed by atoms with E-state index in [4.69, 9.17) is 0 Å². The lowest BCUT2D eigenvalue weighted by molar-refractivity contribution is -0.385. The molecule has 0 aromatic heterocycles. The van der Waals surface area contributed by atoms with Gasteiger partial charge in [-0.3, -0.25) is 19.8 Å². The van der Waals surface area contributed by atoms with E-state index in [1.807, 2.05) is 11.8 Å². The predicted octanol–water partition coefficient (Wildman–Crippen LogP) is 2.44. The van der Waals surface area contributed by atoms with Crippen LogP contribution in [-0.4, -0.2) is 66.7 Å². The first-order valence-corrected chi connectivity index (χ1v) is 12.4. The van der Waals surface area contributed by atoms with Crippen molar-refractivity contribution in [2.45, 2.75) is 69.4 Å². The smallest absolute Gasteiger partial charge is 0.270 e. The van der Waals surface area contributed by atoms with E-state index in [9.17, 15) is 23.3 Å². The molecule has 9 nitrogen and oxygen atoms in total. The molecule has 1 atom stereocenters. The maximum atomic E-state index is 13.1. The van der Waals surface area contributed by atoms with Crippen LogP contribution in [0.1, 0.15) is 51.0 Å². The van der Waals surface area contributed by atoms with Gasteiger partial charge in [-0.15, -0.1) is 0 Å². The maximum absolute atomic E-state index is 13.1. The first kappa shape index (κ1) is 23.6. The molecule has 3 rings (SSSR count). The number of nitrogens with one attached hydrogen (secondary N) is 1. The van der Waals surface area contributed by atoms with Gasteiger partial charge in [0.15, 0.2) is 0 Å². The molecule has 1 N–H and O–H groups in total. The van der Waals surface area contributed by atoms with Crippen molar-refractivity contribution in [1.29, 1.82) is 0 Å². The summed E-state index contributed by atoms with van der Waals surface area (Å²) < 4.78 is 27.5. The monoisotopic (exact) mass is 452 g/mol. The highest BCUT2D eigenvalue weighted by atomic mass is 32.2. The molecule has 2 fully saturated rings. The van der Waals surface area contributed by atoms with Crippen LogP contribution in [0, 0.1) is 17.0 Å². The number of non-ortho nitro benzene ring substituents is 1. The lowest BCUT2D eigenvalue weighted by atomic mass is 10.1.